The molecule has 19 heavy (non-hydrogen) atoms. The van der Waals surface area contributed by atoms with Gasteiger partial charge < -0.3 is 19.5 Å². The fourth-order valence-electron chi connectivity index (χ4n) is 2.15. The van der Waals surface area contributed by atoms with Crippen molar-refractivity contribution in [1.82, 2.24) is 10.1 Å². The van der Waals surface area contributed by atoms with Gasteiger partial charge in [0.2, 0.25) is 0 Å². The number of benzene rings is 1. The Labute approximate surface area is 109 Å². The summed E-state index contributed by atoms with van der Waals surface area (Å²) in [5.74, 6) is 0.767. The molecular formula is C13H14N2O4. The first-order chi connectivity index (χ1) is 9.22. The van der Waals surface area contributed by atoms with Gasteiger partial charge in [-0.3, -0.25) is 0 Å². The van der Waals surface area contributed by atoms with Crippen LogP contribution in [0.3, 0.4) is 0 Å². The van der Waals surface area contributed by atoms with Crippen LogP contribution in [0.1, 0.15) is 18.7 Å². The van der Waals surface area contributed by atoms with Crippen molar-refractivity contribution in [3.05, 3.63) is 24.0 Å². The normalized spacial score (nSPS) is 18.8. The Morgan fingerprint density at radius 3 is 3.00 bits per heavy atom. The zero-order chi connectivity index (χ0) is 13.2. The third kappa shape index (κ3) is 2.53. The molecule has 1 aliphatic rings. The molecule has 1 aliphatic heterocycles. The lowest BCUT2D eigenvalue weighted by Gasteiger charge is -2.04. The van der Waals surface area contributed by atoms with Crippen molar-refractivity contribution in [3.63, 3.8) is 0 Å². The largest absolute Gasteiger partial charge is 0.508 e. The summed E-state index contributed by atoms with van der Waals surface area (Å²) in [4.78, 5) is 4.22. The Kier molecular flexibility index (Phi) is 3.08. The summed E-state index contributed by atoms with van der Waals surface area (Å²) in [6, 6.07) is 4.16. The molecule has 2 aromatic rings. The molecule has 2 N–H and O–H groups in total. The molecule has 0 radical (unpaired) electrons. The van der Waals surface area contributed by atoms with E-state index in [9.17, 15) is 10.2 Å². The molecule has 1 fully saturated rings. The van der Waals surface area contributed by atoms with Gasteiger partial charge in [0.1, 0.15) is 11.5 Å². The molecule has 2 heterocycles. The van der Waals surface area contributed by atoms with Crippen molar-refractivity contribution in [1.29, 1.82) is 0 Å². The van der Waals surface area contributed by atoms with Crippen LogP contribution in [0.5, 0.6) is 11.5 Å². The summed E-state index contributed by atoms with van der Waals surface area (Å²) in [5, 5.41) is 23.0. The summed E-state index contributed by atoms with van der Waals surface area (Å²) in [7, 11) is 0. The van der Waals surface area contributed by atoms with Crippen LogP contribution in [0.25, 0.3) is 11.5 Å². The van der Waals surface area contributed by atoms with E-state index in [1.165, 1.54) is 18.2 Å². The highest BCUT2D eigenvalue weighted by Crippen LogP contribution is 2.31. The van der Waals surface area contributed by atoms with E-state index in [2.05, 4.69) is 10.1 Å². The Bertz CT molecular complexity index is 576. The molecule has 0 aliphatic carbocycles. The predicted octanol–water partition coefficient (Wildman–Crippen LogP) is 1.87. The van der Waals surface area contributed by atoms with E-state index >= 15 is 0 Å². The van der Waals surface area contributed by atoms with Crippen molar-refractivity contribution in [3.8, 4) is 23.0 Å². The summed E-state index contributed by atoms with van der Waals surface area (Å²) < 4.78 is 10.6. The second kappa shape index (κ2) is 4.89. The average molecular weight is 262 g/mol. The Morgan fingerprint density at radius 2 is 2.21 bits per heavy atom. The molecule has 6 nitrogen and oxygen atoms in total. The van der Waals surface area contributed by atoms with Gasteiger partial charge >= 0.3 is 0 Å². The van der Waals surface area contributed by atoms with Crippen LogP contribution >= 0.6 is 0 Å². The molecule has 3 rings (SSSR count). The van der Waals surface area contributed by atoms with Crippen LogP contribution in [-0.2, 0) is 11.2 Å². The monoisotopic (exact) mass is 262 g/mol. The van der Waals surface area contributed by atoms with Crippen molar-refractivity contribution in [2.45, 2.75) is 25.4 Å². The van der Waals surface area contributed by atoms with Crippen molar-refractivity contribution in [2.24, 2.45) is 0 Å². The average Bonchev–Trinajstić information content (AvgIpc) is 3.04. The maximum atomic E-state index is 9.72. The van der Waals surface area contributed by atoms with Crippen LogP contribution < -0.4 is 0 Å². The van der Waals surface area contributed by atoms with E-state index < -0.39 is 0 Å². The van der Waals surface area contributed by atoms with E-state index in [0.717, 1.165) is 19.4 Å². The molecule has 100 valence electrons. The standard InChI is InChI=1S/C13H14N2O4/c16-8-3-4-11(17)10(6-8)13-14-12(15-19-13)7-9-2-1-5-18-9/h3-4,6,9,16-17H,1-2,5,7H2. The quantitative estimate of drug-likeness (QED) is 0.821. The lowest BCUT2D eigenvalue weighted by molar-refractivity contribution is 0.109. The zero-order valence-electron chi connectivity index (χ0n) is 10.2. The van der Waals surface area contributed by atoms with Crippen molar-refractivity contribution in [2.75, 3.05) is 6.61 Å². The number of nitrogens with zero attached hydrogens (tertiary/aromatic N) is 2. The maximum Gasteiger partial charge on any atom is 0.261 e. The molecular weight excluding hydrogens is 248 g/mol. The SMILES string of the molecule is Oc1ccc(O)c(-c2nc(CC3CCCO3)no2)c1. The minimum absolute atomic E-state index is 0.00915. The minimum atomic E-state index is -0.00915. The van der Waals surface area contributed by atoms with Gasteiger partial charge in [-0.1, -0.05) is 5.16 Å². The molecule has 0 amide bonds. The van der Waals surface area contributed by atoms with Gasteiger partial charge in [-0.25, -0.2) is 0 Å². The van der Waals surface area contributed by atoms with Crippen molar-refractivity contribution < 1.29 is 19.5 Å². The number of aromatic hydroxyl groups is 2. The lowest BCUT2D eigenvalue weighted by Crippen LogP contribution is -2.09. The molecule has 0 saturated carbocycles. The van der Waals surface area contributed by atoms with Gasteiger partial charge in [-0.05, 0) is 31.0 Å². The van der Waals surface area contributed by atoms with Crippen LogP contribution in [0.4, 0.5) is 0 Å². The first kappa shape index (κ1) is 12.0. The topological polar surface area (TPSA) is 88.6 Å². The number of hydrogen-bond donors (Lipinski definition) is 2. The predicted molar refractivity (Wildman–Crippen MR) is 65.7 cm³/mol. The second-order valence-electron chi connectivity index (χ2n) is 4.56. The first-order valence-electron chi connectivity index (χ1n) is 6.19. The number of phenolic OH excluding ortho intramolecular Hbond substituents is 2. The fraction of sp³-hybridized carbons (Fsp3) is 0.385. The third-order valence-corrected chi connectivity index (χ3v) is 3.11. The number of hydrogen-bond acceptors (Lipinski definition) is 6. The number of aromatic nitrogens is 2. The van der Waals surface area contributed by atoms with E-state index in [4.69, 9.17) is 9.26 Å². The first-order valence-corrected chi connectivity index (χ1v) is 6.19. The second-order valence-corrected chi connectivity index (χ2v) is 4.56. The van der Waals surface area contributed by atoms with Gasteiger partial charge in [0.25, 0.3) is 5.89 Å². The lowest BCUT2D eigenvalue weighted by atomic mass is 10.1. The van der Waals surface area contributed by atoms with E-state index in [-0.39, 0.29) is 23.5 Å². The smallest absolute Gasteiger partial charge is 0.261 e. The van der Waals surface area contributed by atoms with E-state index in [1.807, 2.05) is 0 Å². The van der Waals surface area contributed by atoms with Gasteiger partial charge in [-0.2, -0.15) is 4.98 Å². The minimum Gasteiger partial charge on any atom is -0.508 e. The van der Waals surface area contributed by atoms with Gasteiger partial charge in [0, 0.05) is 13.0 Å². The summed E-state index contributed by atoms with van der Waals surface area (Å²) in [5.41, 5.74) is 0.325. The highest BCUT2D eigenvalue weighted by molar-refractivity contribution is 5.64. The summed E-state index contributed by atoms with van der Waals surface area (Å²) in [6.07, 6.45) is 2.80. The molecule has 1 saturated heterocycles. The van der Waals surface area contributed by atoms with Crippen molar-refractivity contribution >= 4 is 0 Å². The van der Waals surface area contributed by atoms with Gasteiger partial charge in [0.15, 0.2) is 5.82 Å². The van der Waals surface area contributed by atoms with Crippen LogP contribution in [0.2, 0.25) is 0 Å². The summed E-state index contributed by atoms with van der Waals surface area (Å²) in [6.45, 7) is 0.780. The van der Waals surface area contributed by atoms with E-state index in [1.54, 1.807) is 0 Å². The molecule has 1 atom stereocenters. The molecule has 1 aromatic carbocycles. The summed E-state index contributed by atoms with van der Waals surface area (Å²) >= 11 is 0. The van der Waals surface area contributed by atoms with Crippen LogP contribution in [0, 0.1) is 0 Å². The fourth-order valence-corrected chi connectivity index (χ4v) is 2.15. The van der Waals surface area contributed by atoms with Gasteiger partial charge in [0.05, 0.1) is 11.7 Å². The Hall–Kier alpha value is -2.08. The third-order valence-electron chi connectivity index (χ3n) is 3.11. The van der Waals surface area contributed by atoms with Crippen LogP contribution in [0.15, 0.2) is 22.7 Å². The molecule has 6 heteroatoms. The molecule has 0 bridgehead atoms. The Morgan fingerprint density at radius 1 is 1.32 bits per heavy atom. The number of ether oxygens (including phenoxy) is 1. The maximum absolute atomic E-state index is 9.72. The highest BCUT2D eigenvalue weighted by Gasteiger charge is 2.20. The molecule has 1 unspecified atom stereocenters. The number of phenols is 2. The number of rotatable bonds is 3. The zero-order valence-corrected chi connectivity index (χ0v) is 10.2. The van der Waals surface area contributed by atoms with Gasteiger partial charge in [-0.15, -0.1) is 0 Å². The Balaban J connectivity index is 1.82. The van der Waals surface area contributed by atoms with Crippen LogP contribution in [-0.4, -0.2) is 33.1 Å². The molecule has 1 aromatic heterocycles. The van der Waals surface area contributed by atoms with E-state index in [0.29, 0.717) is 17.8 Å². The molecule has 0 spiro atoms. The highest BCUT2D eigenvalue weighted by atomic mass is 16.5.